The summed E-state index contributed by atoms with van der Waals surface area (Å²) in [5.74, 6) is -0.302. The lowest BCUT2D eigenvalue weighted by Gasteiger charge is -2.13. The van der Waals surface area contributed by atoms with Gasteiger partial charge >= 0.3 is 0 Å². The van der Waals surface area contributed by atoms with Crippen LogP contribution in [0.4, 0.5) is 4.39 Å². The predicted molar refractivity (Wildman–Crippen MR) is 90.7 cm³/mol. The maximum Gasteiger partial charge on any atom is 0.191 e. The van der Waals surface area contributed by atoms with Crippen LogP contribution in [0.5, 0.6) is 5.75 Å². The third-order valence-corrected chi connectivity index (χ3v) is 3.63. The van der Waals surface area contributed by atoms with E-state index in [-0.39, 0.29) is 11.9 Å². The number of hydrogen-bond acceptors (Lipinski definition) is 4. The highest BCUT2D eigenvalue weighted by Gasteiger charge is 2.15. The van der Waals surface area contributed by atoms with E-state index in [1.165, 1.54) is 12.1 Å². The summed E-state index contributed by atoms with van der Waals surface area (Å²) in [6.45, 7) is 5.97. The second-order valence-electron chi connectivity index (χ2n) is 5.62. The van der Waals surface area contributed by atoms with Crippen LogP contribution in [0.1, 0.15) is 25.3 Å². The van der Waals surface area contributed by atoms with Crippen LogP contribution in [0.25, 0.3) is 0 Å². The molecule has 1 aliphatic heterocycles. The van der Waals surface area contributed by atoms with E-state index < -0.39 is 5.82 Å². The minimum Gasteiger partial charge on any atom is -0.505 e. The molecule has 1 heterocycles. The first kappa shape index (κ1) is 18.5. The minimum absolute atomic E-state index is 0.233. The molecule has 3 N–H and O–H groups in total. The molecule has 134 valence electrons. The molecule has 1 aliphatic rings. The van der Waals surface area contributed by atoms with Gasteiger partial charge in [0, 0.05) is 26.3 Å². The summed E-state index contributed by atoms with van der Waals surface area (Å²) in [5.41, 5.74) is 0.701. The molecule has 1 saturated heterocycles. The Kier molecular flexibility index (Phi) is 7.77. The lowest BCUT2D eigenvalue weighted by atomic mass is 10.2. The summed E-state index contributed by atoms with van der Waals surface area (Å²) >= 11 is 0. The number of aliphatic imine (C=N–C) groups is 1. The van der Waals surface area contributed by atoms with E-state index in [4.69, 9.17) is 9.47 Å². The number of nitrogens with one attached hydrogen (secondary N) is 2. The maximum atomic E-state index is 13.3. The van der Waals surface area contributed by atoms with E-state index in [9.17, 15) is 9.50 Å². The fourth-order valence-electron chi connectivity index (χ4n) is 2.33. The van der Waals surface area contributed by atoms with Crippen LogP contribution >= 0.6 is 0 Å². The highest BCUT2D eigenvalue weighted by Crippen LogP contribution is 2.16. The number of guanidine groups is 1. The van der Waals surface area contributed by atoms with Gasteiger partial charge < -0.3 is 25.2 Å². The molecule has 7 heteroatoms. The van der Waals surface area contributed by atoms with Crippen LogP contribution in [0.3, 0.4) is 0 Å². The number of phenols is 1. The Morgan fingerprint density at radius 3 is 3.04 bits per heavy atom. The predicted octanol–water partition coefficient (Wildman–Crippen LogP) is 1.78. The average Bonchev–Trinajstić information content (AvgIpc) is 3.08. The molecule has 1 unspecified atom stereocenters. The second-order valence-corrected chi connectivity index (χ2v) is 5.62. The quantitative estimate of drug-likeness (QED) is 0.382. The molecule has 0 radical (unpaired) electrons. The fraction of sp³-hybridized carbons (Fsp3) is 0.588. The van der Waals surface area contributed by atoms with Gasteiger partial charge in [-0.05, 0) is 37.5 Å². The van der Waals surface area contributed by atoms with Crippen molar-refractivity contribution in [1.29, 1.82) is 0 Å². The minimum atomic E-state index is -0.631. The molecule has 0 amide bonds. The SMILES string of the molecule is CCNC(=NCc1ccc(O)c(F)c1)NCCCOC1CCOC1. The van der Waals surface area contributed by atoms with Crippen LogP contribution in [-0.2, 0) is 16.0 Å². The number of aromatic hydroxyl groups is 1. The molecule has 0 aromatic heterocycles. The van der Waals surface area contributed by atoms with Gasteiger partial charge in [-0.15, -0.1) is 0 Å². The Hall–Kier alpha value is -1.86. The summed E-state index contributed by atoms with van der Waals surface area (Å²) < 4.78 is 24.3. The Morgan fingerprint density at radius 2 is 2.33 bits per heavy atom. The number of hydrogen-bond donors (Lipinski definition) is 3. The van der Waals surface area contributed by atoms with Gasteiger partial charge in [0.25, 0.3) is 0 Å². The molecular weight excluding hydrogens is 313 g/mol. The van der Waals surface area contributed by atoms with E-state index in [1.54, 1.807) is 6.07 Å². The molecule has 6 nitrogen and oxygen atoms in total. The normalized spacial score (nSPS) is 17.9. The lowest BCUT2D eigenvalue weighted by Crippen LogP contribution is -2.38. The molecule has 24 heavy (non-hydrogen) atoms. The Bertz CT molecular complexity index is 534. The maximum absolute atomic E-state index is 13.3. The highest BCUT2D eigenvalue weighted by molar-refractivity contribution is 5.79. The molecular formula is C17H26FN3O3. The van der Waals surface area contributed by atoms with E-state index in [1.807, 2.05) is 6.92 Å². The van der Waals surface area contributed by atoms with Crippen molar-refractivity contribution < 1.29 is 19.0 Å². The topological polar surface area (TPSA) is 75.1 Å². The first-order valence-electron chi connectivity index (χ1n) is 8.38. The van der Waals surface area contributed by atoms with Gasteiger partial charge in [-0.25, -0.2) is 9.38 Å². The zero-order chi connectivity index (χ0) is 17.2. The number of benzene rings is 1. The highest BCUT2D eigenvalue weighted by atomic mass is 19.1. The summed E-state index contributed by atoms with van der Waals surface area (Å²) in [5, 5.41) is 15.6. The van der Waals surface area contributed by atoms with Crippen LogP contribution < -0.4 is 10.6 Å². The molecule has 0 aliphatic carbocycles. The van der Waals surface area contributed by atoms with E-state index >= 15 is 0 Å². The van der Waals surface area contributed by atoms with Gasteiger partial charge in [0.15, 0.2) is 17.5 Å². The largest absolute Gasteiger partial charge is 0.505 e. The Morgan fingerprint density at radius 1 is 1.46 bits per heavy atom. The second kappa shape index (κ2) is 10.1. The molecule has 0 spiro atoms. The van der Waals surface area contributed by atoms with E-state index in [2.05, 4.69) is 15.6 Å². The standard InChI is InChI=1S/C17H26FN3O3/c1-2-19-17(20-7-3-8-24-14-6-9-23-12-14)21-11-13-4-5-16(22)15(18)10-13/h4-5,10,14,22H,2-3,6-9,11-12H2,1H3,(H2,19,20,21). The molecule has 0 saturated carbocycles. The van der Waals surface area contributed by atoms with Gasteiger partial charge in [-0.2, -0.15) is 0 Å². The van der Waals surface area contributed by atoms with Crippen molar-refractivity contribution in [2.45, 2.75) is 32.4 Å². The summed E-state index contributed by atoms with van der Waals surface area (Å²) in [4.78, 5) is 4.41. The number of halogens is 1. The first-order valence-corrected chi connectivity index (χ1v) is 8.38. The first-order chi connectivity index (χ1) is 11.7. The van der Waals surface area contributed by atoms with Crippen molar-refractivity contribution in [3.63, 3.8) is 0 Å². The molecule has 0 bridgehead atoms. The lowest BCUT2D eigenvalue weighted by molar-refractivity contribution is 0.0420. The molecule has 1 fully saturated rings. The molecule has 1 aromatic carbocycles. The van der Waals surface area contributed by atoms with Crippen molar-refractivity contribution >= 4 is 5.96 Å². The zero-order valence-corrected chi connectivity index (χ0v) is 14.1. The monoisotopic (exact) mass is 339 g/mol. The van der Waals surface area contributed by atoms with Gasteiger partial charge in [0.1, 0.15) is 0 Å². The van der Waals surface area contributed by atoms with Crippen LogP contribution in [-0.4, -0.2) is 50.1 Å². The molecule has 1 atom stereocenters. The Labute approximate surface area is 142 Å². The van der Waals surface area contributed by atoms with Gasteiger partial charge in [-0.1, -0.05) is 6.07 Å². The van der Waals surface area contributed by atoms with Crippen LogP contribution in [0, 0.1) is 5.82 Å². The summed E-state index contributed by atoms with van der Waals surface area (Å²) in [6, 6.07) is 4.29. The average molecular weight is 339 g/mol. The van der Waals surface area contributed by atoms with Crippen molar-refractivity contribution in [3.8, 4) is 5.75 Å². The van der Waals surface area contributed by atoms with Crippen molar-refractivity contribution in [1.82, 2.24) is 10.6 Å². The third-order valence-electron chi connectivity index (χ3n) is 3.63. The van der Waals surface area contributed by atoms with Gasteiger partial charge in [-0.3, -0.25) is 0 Å². The van der Waals surface area contributed by atoms with Crippen LogP contribution in [0.15, 0.2) is 23.2 Å². The summed E-state index contributed by atoms with van der Waals surface area (Å²) in [7, 11) is 0. The molecule has 2 rings (SSSR count). The Balaban J connectivity index is 1.72. The van der Waals surface area contributed by atoms with Crippen molar-refractivity contribution in [3.05, 3.63) is 29.6 Å². The third kappa shape index (κ3) is 6.33. The smallest absolute Gasteiger partial charge is 0.191 e. The zero-order valence-electron chi connectivity index (χ0n) is 14.1. The summed E-state index contributed by atoms with van der Waals surface area (Å²) in [6.07, 6.45) is 2.08. The van der Waals surface area contributed by atoms with E-state index in [0.29, 0.717) is 31.3 Å². The number of nitrogens with zero attached hydrogens (tertiary/aromatic N) is 1. The van der Waals surface area contributed by atoms with Crippen molar-refractivity contribution in [2.75, 3.05) is 32.9 Å². The molecule has 1 aromatic rings. The van der Waals surface area contributed by atoms with Gasteiger partial charge in [0.05, 0.1) is 19.3 Å². The number of phenolic OH excluding ortho intramolecular Hbond substituents is 1. The van der Waals surface area contributed by atoms with Gasteiger partial charge in [0.2, 0.25) is 0 Å². The number of rotatable bonds is 8. The number of ether oxygens (including phenoxy) is 2. The van der Waals surface area contributed by atoms with Crippen molar-refractivity contribution in [2.24, 2.45) is 4.99 Å². The van der Waals surface area contributed by atoms with Crippen LogP contribution in [0.2, 0.25) is 0 Å². The van der Waals surface area contributed by atoms with E-state index in [0.717, 1.165) is 32.5 Å². The fourth-order valence-corrected chi connectivity index (χ4v) is 2.33.